The number of rotatable bonds is 5. The zero-order valence-electron chi connectivity index (χ0n) is 15.0. The Morgan fingerprint density at radius 1 is 1.04 bits per heavy atom. The molecular formula is C23H26N2. The van der Waals surface area contributed by atoms with E-state index in [1.54, 1.807) is 0 Å². The first-order valence-electron chi connectivity index (χ1n) is 8.88. The summed E-state index contributed by atoms with van der Waals surface area (Å²) in [5.74, 6) is 0. The van der Waals surface area contributed by atoms with Gasteiger partial charge in [-0.1, -0.05) is 67.1 Å². The molecule has 0 saturated heterocycles. The van der Waals surface area contributed by atoms with Crippen molar-refractivity contribution in [3.63, 3.8) is 0 Å². The maximum Gasteiger partial charge on any atom is 0.0390 e. The van der Waals surface area contributed by atoms with Crippen LogP contribution in [0.4, 0.5) is 5.69 Å². The van der Waals surface area contributed by atoms with Gasteiger partial charge in [-0.05, 0) is 53.8 Å². The zero-order valence-corrected chi connectivity index (χ0v) is 15.0. The summed E-state index contributed by atoms with van der Waals surface area (Å²) in [4.78, 5) is 0. The summed E-state index contributed by atoms with van der Waals surface area (Å²) < 4.78 is 0. The van der Waals surface area contributed by atoms with E-state index in [1.165, 1.54) is 27.5 Å². The van der Waals surface area contributed by atoms with Crippen LogP contribution in [0.2, 0.25) is 0 Å². The van der Waals surface area contributed by atoms with Crippen LogP contribution in [0.15, 0.2) is 66.7 Å². The smallest absolute Gasteiger partial charge is 0.0390 e. The van der Waals surface area contributed by atoms with Gasteiger partial charge in [-0.25, -0.2) is 0 Å². The molecular weight excluding hydrogens is 304 g/mol. The minimum Gasteiger partial charge on any atom is -0.398 e. The molecule has 2 nitrogen and oxygen atoms in total. The normalized spacial score (nSPS) is 13.2. The molecule has 25 heavy (non-hydrogen) atoms. The highest BCUT2D eigenvalue weighted by atomic mass is 14.6. The Kier molecular flexibility index (Phi) is 5.20. The number of aryl methyl sites for hydroxylation is 1. The van der Waals surface area contributed by atoms with Gasteiger partial charge in [0.15, 0.2) is 0 Å². The Balaban J connectivity index is 1.90. The molecule has 1 unspecified atom stereocenters. The van der Waals surface area contributed by atoms with Gasteiger partial charge < -0.3 is 11.5 Å². The second-order valence-corrected chi connectivity index (χ2v) is 6.64. The summed E-state index contributed by atoms with van der Waals surface area (Å²) in [5.41, 5.74) is 18.3. The number of nitrogen functional groups attached to an aromatic ring is 1. The highest BCUT2D eigenvalue weighted by molar-refractivity contribution is 5.85. The van der Waals surface area contributed by atoms with Crippen molar-refractivity contribution in [2.75, 3.05) is 5.73 Å². The van der Waals surface area contributed by atoms with Gasteiger partial charge in [0.2, 0.25) is 0 Å². The van der Waals surface area contributed by atoms with E-state index in [0.29, 0.717) is 0 Å². The SMILES string of the molecule is CC/C(=C\C(N)Cc1cccc2ccccc12)c1cc(C)ccc1N. The van der Waals surface area contributed by atoms with Crippen LogP contribution in [-0.4, -0.2) is 6.04 Å². The molecule has 0 aliphatic heterocycles. The predicted molar refractivity (Wildman–Crippen MR) is 109 cm³/mol. The molecule has 0 aliphatic rings. The van der Waals surface area contributed by atoms with E-state index in [2.05, 4.69) is 68.5 Å². The lowest BCUT2D eigenvalue weighted by atomic mass is 9.94. The Labute approximate surface area is 150 Å². The lowest BCUT2D eigenvalue weighted by molar-refractivity contribution is 0.813. The Bertz CT molecular complexity index is 904. The number of allylic oxidation sites excluding steroid dienone is 1. The second kappa shape index (κ2) is 7.54. The van der Waals surface area contributed by atoms with Crippen molar-refractivity contribution in [1.82, 2.24) is 0 Å². The Morgan fingerprint density at radius 3 is 2.60 bits per heavy atom. The minimum atomic E-state index is -0.0410. The molecule has 0 spiro atoms. The van der Waals surface area contributed by atoms with E-state index in [-0.39, 0.29) is 6.04 Å². The average molecular weight is 330 g/mol. The standard InChI is InChI=1S/C23H26N2/c1-3-17(22-13-16(2)11-12-23(22)25)14-20(24)15-19-9-6-8-18-7-4-5-10-21(18)19/h4-14,20H,3,15,24-25H2,1-2H3/b17-14+. The molecule has 3 aromatic carbocycles. The average Bonchev–Trinajstić information content (AvgIpc) is 2.62. The van der Waals surface area contributed by atoms with Crippen LogP contribution in [0.1, 0.15) is 30.0 Å². The third kappa shape index (κ3) is 3.92. The van der Waals surface area contributed by atoms with Crippen molar-refractivity contribution in [3.05, 3.63) is 83.4 Å². The quantitative estimate of drug-likeness (QED) is 0.640. The van der Waals surface area contributed by atoms with Gasteiger partial charge in [-0.15, -0.1) is 0 Å². The fourth-order valence-corrected chi connectivity index (χ4v) is 3.39. The van der Waals surface area contributed by atoms with Crippen LogP contribution in [0.25, 0.3) is 16.3 Å². The van der Waals surface area contributed by atoms with Crippen molar-refractivity contribution >= 4 is 22.0 Å². The molecule has 0 fully saturated rings. The molecule has 1 atom stereocenters. The second-order valence-electron chi connectivity index (χ2n) is 6.64. The molecule has 0 saturated carbocycles. The van der Waals surface area contributed by atoms with Gasteiger partial charge in [-0.2, -0.15) is 0 Å². The van der Waals surface area contributed by atoms with E-state index < -0.39 is 0 Å². The number of fused-ring (bicyclic) bond motifs is 1. The van der Waals surface area contributed by atoms with Crippen molar-refractivity contribution in [2.24, 2.45) is 5.73 Å². The third-order valence-electron chi connectivity index (χ3n) is 4.69. The predicted octanol–water partition coefficient (Wildman–Crippen LogP) is 5.09. The van der Waals surface area contributed by atoms with E-state index >= 15 is 0 Å². The summed E-state index contributed by atoms with van der Waals surface area (Å²) >= 11 is 0. The van der Waals surface area contributed by atoms with Gasteiger partial charge in [0.05, 0.1) is 0 Å². The highest BCUT2D eigenvalue weighted by Crippen LogP contribution is 2.26. The molecule has 2 heteroatoms. The van der Waals surface area contributed by atoms with Crippen LogP contribution in [0.5, 0.6) is 0 Å². The molecule has 128 valence electrons. The molecule has 0 heterocycles. The van der Waals surface area contributed by atoms with E-state index in [9.17, 15) is 0 Å². The van der Waals surface area contributed by atoms with Crippen LogP contribution in [-0.2, 0) is 6.42 Å². The van der Waals surface area contributed by atoms with E-state index in [0.717, 1.165) is 24.1 Å². The lowest BCUT2D eigenvalue weighted by Crippen LogP contribution is -2.20. The first kappa shape index (κ1) is 17.2. The molecule has 3 aromatic rings. The third-order valence-corrected chi connectivity index (χ3v) is 4.69. The van der Waals surface area contributed by atoms with Gasteiger partial charge >= 0.3 is 0 Å². The summed E-state index contributed by atoms with van der Waals surface area (Å²) in [7, 11) is 0. The van der Waals surface area contributed by atoms with Gasteiger partial charge in [0, 0.05) is 17.3 Å². The first-order chi connectivity index (χ1) is 12.1. The van der Waals surface area contributed by atoms with Crippen molar-refractivity contribution < 1.29 is 0 Å². The van der Waals surface area contributed by atoms with Crippen molar-refractivity contribution in [3.8, 4) is 0 Å². The molecule has 0 radical (unpaired) electrons. The molecule has 4 N–H and O–H groups in total. The van der Waals surface area contributed by atoms with Gasteiger partial charge in [0.1, 0.15) is 0 Å². The van der Waals surface area contributed by atoms with Crippen LogP contribution in [0.3, 0.4) is 0 Å². The summed E-state index contributed by atoms with van der Waals surface area (Å²) in [6.45, 7) is 4.24. The number of hydrogen-bond donors (Lipinski definition) is 2. The molecule has 0 aromatic heterocycles. The first-order valence-corrected chi connectivity index (χ1v) is 8.88. The maximum absolute atomic E-state index is 6.48. The van der Waals surface area contributed by atoms with Crippen molar-refractivity contribution in [1.29, 1.82) is 0 Å². The zero-order chi connectivity index (χ0) is 17.8. The monoisotopic (exact) mass is 330 g/mol. The number of anilines is 1. The molecule has 0 bridgehead atoms. The fraction of sp³-hybridized carbons (Fsp3) is 0.217. The van der Waals surface area contributed by atoms with Crippen LogP contribution >= 0.6 is 0 Å². The highest BCUT2D eigenvalue weighted by Gasteiger charge is 2.09. The minimum absolute atomic E-state index is 0.0410. The molecule has 3 rings (SSSR count). The number of hydrogen-bond acceptors (Lipinski definition) is 2. The maximum atomic E-state index is 6.48. The van der Waals surface area contributed by atoms with Gasteiger partial charge in [-0.3, -0.25) is 0 Å². The topological polar surface area (TPSA) is 52.0 Å². The van der Waals surface area contributed by atoms with Crippen LogP contribution < -0.4 is 11.5 Å². The van der Waals surface area contributed by atoms with E-state index in [4.69, 9.17) is 11.5 Å². The fourth-order valence-electron chi connectivity index (χ4n) is 3.39. The summed E-state index contributed by atoms with van der Waals surface area (Å²) in [6, 6.07) is 21.0. The van der Waals surface area contributed by atoms with Crippen molar-refractivity contribution in [2.45, 2.75) is 32.7 Å². The van der Waals surface area contributed by atoms with E-state index in [1.807, 2.05) is 12.1 Å². The summed E-state index contributed by atoms with van der Waals surface area (Å²) in [6.07, 6.45) is 3.90. The Morgan fingerprint density at radius 2 is 1.80 bits per heavy atom. The Hall–Kier alpha value is -2.58. The van der Waals surface area contributed by atoms with Crippen LogP contribution in [0, 0.1) is 6.92 Å². The molecule has 0 aliphatic carbocycles. The number of benzene rings is 3. The van der Waals surface area contributed by atoms with Gasteiger partial charge in [0.25, 0.3) is 0 Å². The molecule has 0 amide bonds. The lowest BCUT2D eigenvalue weighted by Gasteiger charge is -2.15. The number of nitrogens with two attached hydrogens (primary N) is 2. The summed E-state index contributed by atoms with van der Waals surface area (Å²) in [5, 5.41) is 2.54. The largest absolute Gasteiger partial charge is 0.398 e.